The van der Waals surface area contributed by atoms with Crippen LogP contribution in [0, 0.1) is 0 Å². The molecule has 0 bridgehead atoms. The van der Waals surface area contributed by atoms with Crippen LogP contribution >= 0.6 is 43.5 Å². The molecule has 0 N–H and O–H groups in total. The summed E-state index contributed by atoms with van der Waals surface area (Å²) < 4.78 is 1.87. The van der Waals surface area contributed by atoms with E-state index in [9.17, 15) is 0 Å². The molecule has 2 aromatic heterocycles. The van der Waals surface area contributed by atoms with Crippen molar-refractivity contribution in [2.24, 2.45) is 0 Å². The maximum atomic E-state index is 6.17. The summed E-state index contributed by atoms with van der Waals surface area (Å²) in [4.78, 5) is 8.46. The Morgan fingerprint density at radius 2 is 1.29 bits per heavy atom. The van der Waals surface area contributed by atoms with Crippen LogP contribution in [0.5, 0.6) is 0 Å². The maximum absolute atomic E-state index is 6.17. The Morgan fingerprint density at radius 1 is 0.714 bits per heavy atom. The molecule has 0 aliphatic heterocycles. The van der Waals surface area contributed by atoms with Crippen LogP contribution in [-0.4, -0.2) is 9.97 Å². The molecule has 0 unspecified atom stereocenters. The normalized spacial score (nSPS) is 10.6. The van der Waals surface area contributed by atoms with Crippen LogP contribution in [0.2, 0.25) is 5.02 Å². The Hall–Kier alpha value is -1.23. The summed E-state index contributed by atoms with van der Waals surface area (Å²) >= 11 is 13.1. The molecule has 0 fully saturated rings. The Balaban J connectivity index is 2.22. The van der Waals surface area contributed by atoms with Crippen LogP contribution in [0.1, 0.15) is 0 Å². The van der Waals surface area contributed by atoms with E-state index < -0.39 is 0 Å². The fraction of sp³-hybridized carbons (Fsp3) is 0. The molecule has 0 amide bonds. The lowest BCUT2D eigenvalue weighted by molar-refractivity contribution is 1.30. The van der Waals surface area contributed by atoms with E-state index >= 15 is 0 Å². The first-order valence-electron chi connectivity index (χ1n) is 6.15. The molecule has 3 rings (SSSR count). The molecule has 1 aromatic carbocycles. The minimum Gasteiger partial charge on any atom is -0.263 e. The number of hydrogen-bond acceptors (Lipinski definition) is 2. The SMILES string of the molecule is Clc1ccc(-c2cncc(Br)c2)c(-c2cncc(Br)c2)c1. The van der Waals surface area contributed by atoms with Crippen LogP contribution in [0.4, 0.5) is 0 Å². The highest BCUT2D eigenvalue weighted by Gasteiger charge is 2.10. The van der Waals surface area contributed by atoms with Crippen molar-refractivity contribution in [1.29, 1.82) is 0 Å². The second kappa shape index (κ2) is 6.26. The quantitative estimate of drug-likeness (QED) is 0.505. The molecule has 2 heterocycles. The lowest BCUT2D eigenvalue weighted by Gasteiger charge is -2.11. The molecule has 0 radical (unpaired) electrons. The molecule has 0 aliphatic carbocycles. The minimum absolute atomic E-state index is 0.691. The van der Waals surface area contributed by atoms with Crippen molar-refractivity contribution in [3.8, 4) is 22.3 Å². The van der Waals surface area contributed by atoms with Crippen molar-refractivity contribution in [3.63, 3.8) is 0 Å². The van der Waals surface area contributed by atoms with E-state index in [0.29, 0.717) is 5.02 Å². The van der Waals surface area contributed by atoms with Crippen molar-refractivity contribution in [2.75, 3.05) is 0 Å². The van der Waals surface area contributed by atoms with Crippen LogP contribution in [0.3, 0.4) is 0 Å². The van der Waals surface area contributed by atoms with Gasteiger partial charge in [0.2, 0.25) is 0 Å². The van der Waals surface area contributed by atoms with E-state index in [2.05, 4.69) is 41.8 Å². The van der Waals surface area contributed by atoms with E-state index in [1.54, 1.807) is 12.4 Å². The van der Waals surface area contributed by atoms with Crippen molar-refractivity contribution in [3.05, 3.63) is 69.1 Å². The topological polar surface area (TPSA) is 25.8 Å². The second-order valence-electron chi connectivity index (χ2n) is 4.47. The molecule has 2 nitrogen and oxygen atoms in total. The van der Waals surface area contributed by atoms with Crippen molar-refractivity contribution < 1.29 is 0 Å². The van der Waals surface area contributed by atoms with Gasteiger partial charge in [0, 0.05) is 49.9 Å². The third kappa shape index (κ3) is 3.34. The number of rotatable bonds is 2. The summed E-state index contributed by atoms with van der Waals surface area (Å²) in [7, 11) is 0. The van der Waals surface area contributed by atoms with Gasteiger partial charge in [-0.1, -0.05) is 17.7 Å². The predicted octanol–water partition coefficient (Wildman–Crippen LogP) is 5.99. The molecule has 0 saturated heterocycles. The smallest absolute Gasteiger partial charge is 0.0412 e. The standard InChI is InChI=1S/C16H9Br2ClN2/c17-12-3-10(6-20-8-12)15-2-1-14(19)5-16(15)11-4-13(18)9-21-7-11/h1-9H. The summed E-state index contributed by atoms with van der Waals surface area (Å²) in [6, 6.07) is 9.88. The molecular weight excluding hydrogens is 415 g/mol. The molecule has 0 aliphatic rings. The fourth-order valence-electron chi connectivity index (χ4n) is 2.13. The van der Waals surface area contributed by atoms with Crippen molar-refractivity contribution in [2.45, 2.75) is 0 Å². The van der Waals surface area contributed by atoms with Crippen molar-refractivity contribution in [1.82, 2.24) is 9.97 Å². The van der Waals surface area contributed by atoms with Crippen LogP contribution in [0.25, 0.3) is 22.3 Å². The molecule has 0 spiro atoms. The van der Waals surface area contributed by atoms with E-state index in [4.69, 9.17) is 11.6 Å². The van der Waals surface area contributed by atoms with Crippen LogP contribution in [-0.2, 0) is 0 Å². The van der Waals surface area contributed by atoms with E-state index in [0.717, 1.165) is 31.2 Å². The number of nitrogens with zero attached hydrogens (tertiary/aromatic N) is 2. The van der Waals surface area contributed by atoms with E-state index in [-0.39, 0.29) is 0 Å². The monoisotopic (exact) mass is 422 g/mol. The zero-order chi connectivity index (χ0) is 14.8. The van der Waals surface area contributed by atoms with Gasteiger partial charge in [-0.3, -0.25) is 9.97 Å². The first-order chi connectivity index (χ1) is 10.1. The average Bonchev–Trinajstić information content (AvgIpc) is 2.47. The van der Waals surface area contributed by atoms with Gasteiger partial charge in [-0.25, -0.2) is 0 Å². The molecule has 104 valence electrons. The van der Waals surface area contributed by atoms with Crippen molar-refractivity contribution >= 4 is 43.5 Å². The zero-order valence-electron chi connectivity index (χ0n) is 10.7. The lowest BCUT2D eigenvalue weighted by Crippen LogP contribution is -1.88. The molecule has 0 saturated carbocycles. The zero-order valence-corrected chi connectivity index (χ0v) is 14.7. The van der Waals surface area contributed by atoms with Gasteiger partial charge >= 0.3 is 0 Å². The molecule has 5 heteroatoms. The fourth-order valence-corrected chi connectivity index (χ4v) is 3.03. The number of hydrogen-bond donors (Lipinski definition) is 0. The minimum atomic E-state index is 0.691. The molecular formula is C16H9Br2ClN2. The summed E-state index contributed by atoms with van der Waals surface area (Å²) in [5.74, 6) is 0. The summed E-state index contributed by atoms with van der Waals surface area (Å²) in [6.07, 6.45) is 7.18. The first kappa shape index (κ1) is 14.7. The van der Waals surface area contributed by atoms with Gasteiger partial charge in [0.1, 0.15) is 0 Å². The Morgan fingerprint density at radius 3 is 1.86 bits per heavy atom. The number of halogens is 3. The lowest BCUT2D eigenvalue weighted by atomic mass is 9.96. The molecule has 0 atom stereocenters. The Kier molecular flexibility index (Phi) is 4.38. The highest BCUT2D eigenvalue weighted by atomic mass is 79.9. The number of benzene rings is 1. The van der Waals surface area contributed by atoms with E-state index in [1.807, 2.05) is 42.7 Å². The van der Waals surface area contributed by atoms with Gasteiger partial charge in [0.05, 0.1) is 0 Å². The van der Waals surface area contributed by atoms with Crippen LogP contribution < -0.4 is 0 Å². The highest BCUT2D eigenvalue weighted by molar-refractivity contribution is 9.10. The third-order valence-electron chi connectivity index (χ3n) is 3.01. The highest BCUT2D eigenvalue weighted by Crippen LogP contribution is 2.35. The Bertz CT molecular complexity index is 806. The van der Waals surface area contributed by atoms with Gasteiger partial charge in [0.15, 0.2) is 0 Å². The first-order valence-corrected chi connectivity index (χ1v) is 8.11. The third-order valence-corrected chi connectivity index (χ3v) is 4.12. The second-order valence-corrected chi connectivity index (χ2v) is 6.74. The van der Waals surface area contributed by atoms with Gasteiger partial charge in [-0.15, -0.1) is 0 Å². The Labute approximate surface area is 144 Å². The van der Waals surface area contributed by atoms with Gasteiger partial charge in [-0.05, 0) is 67.3 Å². The number of aromatic nitrogens is 2. The van der Waals surface area contributed by atoms with E-state index in [1.165, 1.54) is 0 Å². The largest absolute Gasteiger partial charge is 0.263 e. The van der Waals surface area contributed by atoms with Gasteiger partial charge < -0.3 is 0 Å². The number of pyridine rings is 2. The predicted molar refractivity (Wildman–Crippen MR) is 93.3 cm³/mol. The summed E-state index contributed by atoms with van der Waals surface area (Å²) in [6.45, 7) is 0. The van der Waals surface area contributed by atoms with Gasteiger partial charge in [-0.2, -0.15) is 0 Å². The average molecular weight is 425 g/mol. The van der Waals surface area contributed by atoms with Gasteiger partial charge in [0.25, 0.3) is 0 Å². The maximum Gasteiger partial charge on any atom is 0.0412 e. The summed E-state index contributed by atoms with van der Waals surface area (Å²) in [5, 5.41) is 0.691. The summed E-state index contributed by atoms with van der Waals surface area (Å²) in [5.41, 5.74) is 4.11. The molecule has 21 heavy (non-hydrogen) atoms. The van der Waals surface area contributed by atoms with Crippen LogP contribution in [0.15, 0.2) is 64.1 Å². The molecule has 3 aromatic rings.